The Labute approximate surface area is 99.8 Å². The van der Waals surface area contributed by atoms with E-state index < -0.39 is 6.10 Å². The number of nitrogens with one attached hydrogen (secondary N) is 1. The van der Waals surface area contributed by atoms with Crippen molar-refractivity contribution in [3.63, 3.8) is 0 Å². The third kappa shape index (κ3) is 2.26. The highest BCUT2D eigenvalue weighted by atomic mass is 16.3. The molecule has 1 aliphatic heterocycles. The second kappa shape index (κ2) is 4.75. The fourth-order valence-electron chi connectivity index (χ4n) is 2.07. The van der Waals surface area contributed by atoms with Crippen LogP contribution in [-0.2, 0) is 6.42 Å². The first-order valence-corrected chi connectivity index (χ1v) is 5.93. The maximum absolute atomic E-state index is 12.1. The Morgan fingerprint density at radius 3 is 3.06 bits per heavy atom. The number of nitrogen functional groups attached to an aromatic ring is 1. The molecule has 1 aromatic rings. The number of carbonyl (C=O) groups is 1. The van der Waals surface area contributed by atoms with Gasteiger partial charge < -0.3 is 15.7 Å². The zero-order valence-electron chi connectivity index (χ0n) is 9.94. The Kier molecular flexibility index (Phi) is 3.33. The highest BCUT2D eigenvalue weighted by Gasteiger charge is 2.28. The molecule has 1 fully saturated rings. The number of aryl methyl sites for hydroxylation is 1. The number of aromatic amines is 1. The molecule has 0 spiro atoms. The van der Waals surface area contributed by atoms with E-state index in [-0.39, 0.29) is 11.6 Å². The number of hydrogen-bond acceptors (Lipinski definition) is 4. The second-order valence-electron chi connectivity index (χ2n) is 4.41. The van der Waals surface area contributed by atoms with Gasteiger partial charge in [-0.25, -0.2) is 0 Å². The molecule has 1 saturated heterocycles. The van der Waals surface area contributed by atoms with Crippen LogP contribution in [0.1, 0.15) is 35.9 Å². The Balaban J connectivity index is 2.14. The molecule has 2 heterocycles. The number of aliphatic hydroxyl groups is 1. The molecule has 1 atom stereocenters. The summed E-state index contributed by atoms with van der Waals surface area (Å²) in [5, 5.41) is 16.2. The fourth-order valence-corrected chi connectivity index (χ4v) is 2.07. The summed E-state index contributed by atoms with van der Waals surface area (Å²) in [5.74, 6) is -0.197. The zero-order valence-corrected chi connectivity index (χ0v) is 9.94. The Morgan fingerprint density at radius 1 is 1.71 bits per heavy atom. The smallest absolute Gasteiger partial charge is 0.276 e. The lowest BCUT2D eigenvalue weighted by molar-refractivity contribution is 0.0760. The molecule has 6 heteroatoms. The van der Waals surface area contributed by atoms with Crippen molar-refractivity contribution in [2.75, 3.05) is 18.8 Å². The molecule has 0 bridgehead atoms. The largest absolute Gasteiger partial charge is 0.395 e. The topological polar surface area (TPSA) is 95.2 Å². The number of carbonyl (C=O) groups excluding carboxylic acids is 1. The lowest BCUT2D eigenvalue weighted by Crippen LogP contribution is -2.30. The van der Waals surface area contributed by atoms with Crippen LogP contribution in [0.25, 0.3) is 0 Å². The number of β-amino-alcohol motifs (C(OH)–C–C–N with tert-alkyl or cyclic N) is 1. The lowest BCUT2D eigenvalue weighted by atomic mass is 10.2. The Bertz CT molecular complexity index is 416. The SMILES string of the molecule is CCCc1[nH]nc(C(=O)N2CCC(O)C2)c1N. The molecule has 4 N–H and O–H groups in total. The van der Waals surface area contributed by atoms with Crippen molar-refractivity contribution in [1.29, 1.82) is 0 Å². The van der Waals surface area contributed by atoms with Gasteiger partial charge in [-0.2, -0.15) is 5.10 Å². The predicted molar refractivity (Wildman–Crippen MR) is 63.5 cm³/mol. The third-order valence-electron chi connectivity index (χ3n) is 3.04. The van der Waals surface area contributed by atoms with Gasteiger partial charge in [-0.3, -0.25) is 9.89 Å². The van der Waals surface area contributed by atoms with Crippen LogP contribution in [0.2, 0.25) is 0 Å². The predicted octanol–water partition coefficient (Wildman–Crippen LogP) is 0.151. The van der Waals surface area contributed by atoms with Crippen LogP contribution >= 0.6 is 0 Å². The van der Waals surface area contributed by atoms with Crippen molar-refractivity contribution in [2.24, 2.45) is 0 Å². The van der Waals surface area contributed by atoms with Crippen molar-refractivity contribution >= 4 is 11.6 Å². The first-order valence-electron chi connectivity index (χ1n) is 5.93. The summed E-state index contributed by atoms with van der Waals surface area (Å²) in [7, 11) is 0. The van der Waals surface area contributed by atoms with Crippen LogP contribution in [0.4, 0.5) is 5.69 Å². The van der Waals surface area contributed by atoms with Crippen LogP contribution in [0.15, 0.2) is 0 Å². The maximum atomic E-state index is 12.1. The highest BCUT2D eigenvalue weighted by Crippen LogP contribution is 2.19. The van der Waals surface area contributed by atoms with Crippen LogP contribution in [-0.4, -0.2) is 45.3 Å². The minimum Gasteiger partial charge on any atom is -0.395 e. The molecule has 0 saturated carbocycles. The summed E-state index contributed by atoms with van der Waals surface area (Å²) >= 11 is 0. The molecular weight excluding hydrogens is 220 g/mol. The number of anilines is 1. The van der Waals surface area contributed by atoms with Crippen molar-refractivity contribution < 1.29 is 9.90 Å². The zero-order chi connectivity index (χ0) is 12.4. The van der Waals surface area contributed by atoms with Gasteiger partial charge in [-0.1, -0.05) is 13.3 Å². The van der Waals surface area contributed by atoms with Gasteiger partial charge >= 0.3 is 0 Å². The van der Waals surface area contributed by atoms with Crippen LogP contribution in [0, 0.1) is 0 Å². The Morgan fingerprint density at radius 2 is 2.47 bits per heavy atom. The van der Waals surface area contributed by atoms with Crippen LogP contribution in [0.5, 0.6) is 0 Å². The van der Waals surface area contributed by atoms with Gasteiger partial charge in [-0.05, 0) is 12.8 Å². The second-order valence-corrected chi connectivity index (χ2v) is 4.41. The average molecular weight is 238 g/mol. The van der Waals surface area contributed by atoms with Crippen LogP contribution < -0.4 is 5.73 Å². The van der Waals surface area contributed by atoms with Gasteiger partial charge in [0.05, 0.1) is 17.5 Å². The summed E-state index contributed by atoms with van der Waals surface area (Å²) in [6, 6.07) is 0. The monoisotopic (exact) mass is 238 g/mol. The number of amides is 1. The van der Waals surface area contributed by atoms with Crippen molar-refractivity contribution in [3.8, 4) is 0 Å². The lowest BCUT2D eigenvalue weighted by Gasteiger charge is -2.13. The minimum atomic E-state index is -0.422. The molecule has 1 aliphatic rings. The van der Waals surface area contributed by atoms with Gasteiger partial charge in [0.2, 0.25) is 0 Å². The number of likely N-dealkylation sites (tertiary alicyclic amines) is 1. The van der Waals surface area contributed by atoms with Crippen molar-refractivity contribution in [1.82, 2.24) is 15.1 Å². The van der Waals surface area contributed by atoms with E-state index in [1.165, 1.54) is 0 Å². The maximum Gasteiger partial charge on any atom is 0.276 e. The number of nitrogens with zero attached hydrogens (tertiary/aromatic N) is 2. The normalized spacial score (nSPS) is 19.9. The van der Waals surface area contributed by atoms with E-state index >= 15 is 0 Å². The van der Waals surface area contributed by atoms with Crippen molar-refractivity contribution in [2.45, 2.75) is 32.3 Å². The molecule has 0 aromatic carbocycles. The first kappa shape index (κ1) is 11.9. The molecule has 2 rings (SSSR count). The molecule has 94 valence electrons. The molecule has 0 aliphatic carbocycles. The van der Waals surface area contributed by atoms with Gasteiger partial charge in [-0.15, -0.1) is 0 Å². The molecule has 1 amide bonds. The summed E-state index contributed by atoms with van der Waals surface area (Å²) < 4.78 is 0. The van der Waals surface area contributed by atoms with Gasteiger partial charge in [0.15, 0.2) is 5.69 Å². The number of nitrogens with two attached hydrogens (primary N) is 1. The van der Waals surface area contributed by atoms with E-state index in [4.69, 9.17) is 5.73 Å². The molecule has 1 unspecified atom stereocenters. The van der Waals surface area contributed by atoms with Gasteiger partial charge in [0.25, 0.3) is 5.91 Å². The number of H-pyrrole nitrogens is 1. The summed E-state index contributed by atoms with van der Waals surface area (Å²) in [6.45, 7) is 2.97. The van der Waals surface area contributed by atoms with E-state index in [9.17, 15) is 9.90 Å². The van der Waals surface area contributed by atoms with E-state index in [2.05, 4.69) is 10.2 Å². The number of aromatic nitrogens is 2. The Hall–Kier alpha value is -1.56. The third-order valence-corrected chi connectivity index (χ3v) is 3.04. The fraction of sp³-hybridized carbons (Fsp3) is 0.636. The van der Waals surface area contributed by atoms with E-state index in [1.54, 1.807) is 4.90 Å². The summed E-state index contributed by atoms with van der Waals surface area (Å²) in [4.78, 5) is 13.7. The van der Waals surface area contributed by atoms with Crippen molar-refractivity contribution in [3.05, 3.63) is 11.4 Å². The minimum absolute atomic E-state index is 0.197. The number of aliphatic hydroxyl groups excluding tert-OH is 1. The molecule has 1 aromatic heterocycles. The highest BCUT2D eigenvalue weighted by molar-refractivity contribution is 5.97. The molecule has 17 heavy (non-hydrogen) atoms. The summed E-state index contributed by atoms with van der Waals surface area (Å²) in [5.41, 5.74) is 7.43. The van der Waals surface area contributed by atoms with E-state index in [1.807, 2.05) is 6.92 Å². The quantitative estimate of drug-likeness (QED) is 0.698. The van der Waals surface area contributed by atoms with E-state index in [0.29, 0.717) is 25.2 Å². The molecule has 6 nitrogen and oxygen atoms in total. The van der Waals surface area contributed by atoms with Crippen LogP contribution in [0.3, 0.4) is 0 Å². The number of rotatable bonds is 3. The van der Waals surface area contributed by atoms with Gasteiger partial charge in [0.1, 0.15) is 0 Å². The van der Waals surface area contributed by atoms with E-state index in [0.717, 1.165) is 18.5 Å². The molecular formula is C11H18N4O2. The number of hydrogen-bond donors (Lipinski definition) is 3. The summed E-state index contributed by atoms with van der Waals surface area (Å²) in [6.07, 6.45) is 1.93. The standard InChI is InChI=1S/C11H18N4O2/c1-2-3-8-9(12)10(14-13-8)11(17)15-5-4-7(16)6-15/h7,16H,2-6,12H2,1H3,(H,13,14). The average Bonchev–Trinajstić information content (AvgIpc) is 2.87. The van der Waals surface area contributed by atoms with Gasteiger partial charge in [0, 0.05) is 13.1 Å². The molecule has 0 radical (unpaired) electrons. The first-order chi connectivity index (χ1) is 8.13.